The second kappa shape index (κ2) is 8.95. The number of hydrogen-bond donors (Lipinski definition) is 0. The van der Waals surface area contributed by atoms with Gasteiger partial charge in [0.2, 0.25) is 0 Å². The van der Waals surface area contributed by atoms with E-state index in [4.69, 9.17) is 4.74 Å². The minimum absolute atomic E-state index is 0.0757. The Bertz CT molecular complexity index is 668. The summed E-state index contributed by atoms with van der Waals surface area (Å²) in [4.78, 5) is 2.41. The molecule has 0 spiro atoms. The van der Waals surface area contributed by atoms with Crippen molar-refractivity contribution < 1.29 is 4.74 Å². The summed E-state index contributed by atoms with van der Waals surface area (Å²) in [5, 5.41) is 2.24. The Kier molecular flexibility index (Phi) is 7.20. The van der Waals surface area contributed by atoms with Gasteiger partial charge in [-0.05, 0) is 47.1 Å². The number of nitrogens with zero attached hydrogens (tertiary/aromatic N) is 1. The highest BCUT2D eigenvalue weighted by Gasteiger charge is 2.28. The van der Waals surface area contributed by atoms with Crippen molar-refractivity contribution >= 4 is 23.9 Å². The highest BCUT2D eigenvalue weighted by molar-refractivity contribution is 7.25. The molecule has 0 saturated carbocycles. The molecule has 0 aliphatic carbocycles. The van der Waals surface area contributed by atoms with Gasteiger partial charge in [-0.25, -0.2) is 0 Å². The van der Waals surface area contributed by atoms with Gasteiger partial charge in [-0.1, -0.05) is 49.5 Å². The normalized spacial score (nSPS) is 14.5. The molecule has 0 bridgehead atoms. The molecule has 0 radical (unpaired) electrons. The molecule has 136 valence electrons. The van der Waals surface area contributed by atoms with E-state index in [0.717, 1.165) is 12.6 Å². The molecule has 1 aromatic carbocycles. The van der Waals surface area contributed by atoms with E-state index in [9.17, 15) is 0 Å². The van der Waals surface area contributed by atoms with Crippen molar-refractivity contribution in [3.8, 4) is 0 Å². The summed E-state index contributed by atoms with van der Waals surface area (Å²) < 4.78 is 7.43. The molecule has 0 fully saturated rings. The van der Waals surface area contributed by atoms with Crippen molar-refractivity contribution in [2.24, 2.45) is 0 Å². The molecule has 0 unspecified atom stereocenters. The largest absolute Gasteiger partial charge is 0.375 e. The first-order chi connectivity index (χ1) is 11.9. The lowest BCUT2D eigenvalue weighted by molar-refractivity contribution is 0.0274. The topological polar surface area (TPSA) is 12.5 Å². The lowest BCUT2D eigenvalue weighted by Gasteiger charge is -2.32. The zero-order valence-corrected chi connectivity index (χ0v) is 18.0. The summed E-state index contributed by atoms with van der Waals surface area (Å²) in [6.07, 6.45) is 2.16. The SMILES string of the molecule is C=CC[Si](C)(C)c1sccc1CN(C)[C@@H](C)[C@H](OC)c1ccccc1. The van der Waals surface area contributed by atoms with Crippen LogP contribution in [0.3, 0.4) is 0 Å². The number of hydrogen-bond acceptors (Lipinski definition) is 3. The van der Waals surface area contributed by atoms with E-state index >= 15 is 0 Å². The third-order valence-corrected chi connectivity index (χ3v) is 10.6. The number of thiophene rings is 1. The van der Waals surface area contributed by atoms with Gasteiger partial charge in [0.05, 0.1) is 14.2 Å². The maximum atomic E-state index is 5.83. The van der Waals surface area contributed by atoms with Crippen LogP contribution in [-0.2, 0) is 11.3 Å². The third-order valence-electron chi connectivity index (χ3n) is 4.95. The highest BCUT2D eigenvalue weighted by Crippen LogP contribution is 2.25. The number of allylic oxidation sites excluding steroid dienone is 1. The third kappa shape index (κ3) is 4.91. The molecular weight excluding hydrogens is 342 g/mol. The number of ether oxygens (including phenoxy) is 1. The van der Waals surface area contributed by atoms with E-state index in [1.807, 2.05) is 11.3 Å². The molecule has 1 aromatic heterocycles. The van der Waals surface area contributed by atoms with Crippen LogP contribution < -0.4 is 4.50 Å². The van der Waals surface area contributed by atoms with Gasteiger partial charge in [0, 0.05) is 19.7 Å². The Morgan fingerprint density at radius 2 is 1.92 bits per heavy atom. The van der Waals surface area contributed by atoms with Crippen molar-refractivity contribution in [1.82, 2.24) is 4.90 Å². The first-order valence-electron chi connectivity index (χ1n) is 8.86. The molecule has 0 N–H and O–H groups in total. The van der Waals surface area contributed by atoms with Crippen molar-refractivity contribution in [2.45, 2.75) is 44.8 Å². The second-order valence-electron chi connectivity index (χ2n) is 7.37. The van der Waals surface area contributed by atoms with Gasteiger partial charge in [0.25, 0.3) is 0 Å². The van der Waals surface area contributed by atoms with E-state index in [0.29, 0.717) is 6.04 Å². The summed E-state index contributed by atoms with van der Waals surface area (Å²) in [5.41, 5.74) is 2.71. The van der Waals surface area contributed by atoms with Crippen molar-refractivity contribution in [1.29, 1.82) is 0 Å². The van der Waals surface area contributed by atoms with Crippen LogP contribution in [0.25, 0.3) is 0 Å². The van der Waals surface area contributed by atoms with Crippen LogP contribution in [0.1, 0.15) is 24.2 Å². The molecule has 0 aliphatic heterocycles. The molecule has 2 nitrogen and oxygen atoms in total. The Morgan fingerprint density at radius 1 is 1.24 bits per heavy atom. The minimum Gasteiger partial charge on any atom is -0.375 e. The van der Waals surface area contributed by atoms with E-state index < -0.39 is 8.07 Å². The maximum Gasteiger partial charge on any atom is 0.0975 e. The van der Waals surface area contributed by atoms with Gasteiger partial charge < -0.3 is 4.74 Å². The van der Waals surface area contributed by atoms with Gasteiger partial charge in [-0.15, -0.1) is 6.58 Å². The molecule has 0 saturated heterocycles. The molecule has 0 amide bonds. The van der Waals surface area contributed by atoms with Crippen LogP contribution in [-0.4, -0.2) is 33.2 Å². The molecule has 25 heavy (non-hydrogen) atoms. The summed E-state index contributed by atoms with van der Waals surface area (Å²) in [5.74, 6) is 0. The van der Waals surface area contributed by atoms with E-state index in [1.54, 1.807) is 11.6 Å². The van der Waals surface area contributed by atoms with E-state index in [2.05, 4.69) is 86.4 Å². The maximum absolute atomic E-state index is 5.83. The summed E-state index contributed by atoms with van der Waals surface area (Å²) in [7, 11) is 2.57. The van der Waals surface area contributed by atoms with Gasteiger partial charge in [-0.2, -0.15) is 11.3 Å². The van der Waals surface area contributed by atoms with Crippen LogP contribution in [0, 0.1) is 0 Å². The fourth-order valence-corrected chi connectivity index (χ4v) is 7.73. The van der Waals surface area contributed by atoms with Crippen molar-refractivity contribution in [3.63, 3.8) is 0 Å². The Labute approximate surface area is 158 Å². The molecule has 1 heterocycles. The number of methoxy groups -OCH3 is 1. The van der Waals surface area contributed by atoms with Crippen molar-refractivity contribution in [2.75, 3.05) is 14.2 Å². The smallest absolute Gasteiger partial charge is 0.0975 e. The average molecular weight is 374 g/mol. The summed E-state index contributed by atoms with van der Waals surface area (Å²) in [6.45, 7) is 12.0. The zero-order valence-electron chi connectivity index (χ0n) is 16.2. The molecule has 0 aliphatic rings. The predicted molar refractivity (Wildman–Crippen MR) is 114 cm³/mol. The lowest BCUT2D eigenvalue weighted by atomic mass is 10.0. The minimum atomic E-state index is -1.43. The van der Waals surface area contributed by atoms with Gasteiger partial charge in [-0.3, -0.25) is 4.90 Å². The van der Waals surface area contributed by atoms with Crippen LogP contribution in [0.15, 0.2) is 54.4 Å². The summed E-state index contributed by atoms with van der Waals surface area (Å²) in [6, 6.07) is 14.2. The molecule has 2 aromatic rings. The van der Waals surface area contributed by atoms with Crippen molar-refractivity contribution in [3.05, 3.63) is 65.6 Å². The summed E-state index contributed by atoms with van der Waals surface area (Å²) >= 11 is 1.92. The fraction of sp³-hybridized carbons (Fsp3) is 0.429. The molecule has 2 atom stereocenters. The van der Waals surface area contributed by atoms with Gasteiger partial charge in [0.1, 0.15) is 0 Å². The standard InChI is InChI=1S/C21H31NOSSi/c1-7-15-25(5,6)21-19(13-14-24-21)16-22(3)17(2)20(23-4)18-11-9-8-10-12-18/h7-14,17,20H,1,15-16H2,2-6H3/t17-,20-/m0/s1. The van der Waals surface area contributed by atoms with E-state index in [1.165, 1.54) is 11.1 Å². The number of likely N-dealkylation sites (N-methyl/N-ethyl adjacent to an activating group) is 1. The second-order valence-corrected chi connectivity index (χ2v) is 13.3. The average Bonchev–Trinajstić information content (AvgIpc) is 3.05. The monoisotopic (exact) mass is 373 g/mol. The Hall–Kier alpha value is -1.20. The van der Waals surface area contributed by atoms with Crippen LogP contribution >= 0.6 is 11.3 Å². The number of benzene rings is 1. The number of rotatable bonds is 9. The molecular formula is C21H31NOSSi. The van der Waals surface area contributed by atoms with Crippen LogP contribution in [0.4, 0.5) is 0 Å². The quantitative estimate of drug-likeness (QED) is 0.450. The van der Waals surface area contributed by atoms with E-state index in [-0.39, 0.29) is 6.10 Å². The van der Waals surface area contributed by atoms with Gasteiger partial charge >= 0.3 is 0 Å². The Morgan fingerprint density at radius 3 is 2.52 bits per heavy atom. The predicted octanol–water partition coefficient (Wildman–Crippen LogP) is 5.06. The molecule has 2 rings (SSSR count). The highest BCUT2D eigenvalue weighted by atomic mass is 32.1. The lowest BCUT2D eigenvalue weighted by Crippen LogP contribution is -2.43. The fourth-order valence-electron chi connectivity index (χ4n) is 3.41. The molecule has 4 heteroatoms. The first-order valence-corrected chi connectivity index (χ1v) is 12.9. The zero-order chi connectivity index (χ0) is 18.4. The van der Waals surface area contributed by atoms with Gasteiger partial charge in [0.15, 0.2) is 0 Å². The Balaban J connectivity index is 2.15. The van der Waals surface area contributed by atoms with Crippen LogP contribution in [0.2, 0.25) is 19.1 Å². The first kappa shape index (κ1) is 20.1. The van der Waals surface area contributed by atoms with Crippen LogP contribution in [0.5, 0.6) is 0 Å².